The monoisotopic (exact) mass is 451 g/mol. The first kappa shape index (κ1) is 18.3. The number of thiocarbonyl (C=S) groups is 1. The minimum Gasteiger partial charge on any atom is -0.298 e. The second-order valence-electron chi connectivity index (χ2n) is 4.26. The van der Waals surface area contributed by atoms with Gasteiger partial charge in [-0.15, -0.1) is 0 Å². The Hall–Kier alpha value is -1.05. The van der Waals surface area contributed by atoms with Crippen molar-refractivity contribution in [2.24, 2.45) is 0 Å². The Kier molecular flexibility index (Phi) is 6.50. The lowest BCUT2D eigenvalue weighted by atomic mass is 10.2. The zero-order valence-corrected chi connectivity index (χ0v) is 16.0. The molecular formula is C14H9BrCl3N3OS. The molecule has 23 heavy (non-hydrogen) atoms. The second-order valence-corrected chi connectivity index (χ2v) is 6.77. The molecule has 0 aliphatic heterocycles. The average Bonchev–Trinajstić information content (AvgIpc) is 2.46. The Balaban J connectivity index is 1.99. The van der Waals surface area contributed by atoms with E-state index in [1.807, 2.05) is 6.07 Å². The van der Waals surface area contributed by atoms with Crippen molar-refractivity contribution in [2.45, 2.75) is 0 Å². The number of carbonyl (C=O) groups is 1. The van der Waals surface area contributed by atoms with Crippen molar-refractivity contribution in [3.05, 3.63) is 61.5 Å². The Morgan fingerprint density at radius 1 is 1.09 bits per heavy atom. The topological polar surface area (TPSA) is 53.2 Å². The molecule has 2 rings (SSSR count). The normalized spacial score (nSPS) is 10.1. The third-order valence-corrected chi connectivity index (χ3v) is 4.36. The molecule has 0 atom stereocenters. The van der Waals surface area contributed by atoms with Gasteiger partial charge in [0.25, 0.3) is 5.91 Å². The van der Waals surface area contributed by atoms with E-state index in [-0.39, 0.29) is 11.0 Å². The molecule has 2 aromatic rings. The molecule has 2 aromatic carbocycles. The summed E-state index contributed by atoms with van der Waals surface area (Å²) in [6.45, 7) is 0. The van der Waals surface area contributed by atoms with Gasteiger partial charge in [-0.2, -0.15) is 0 Å². The van der Waals surface area contributed by atoms with Gasteiger partial charge in [-0.05, 0) is 52.4 Å². The highest BCUT2D eigenvalue weighted by Crippen LogP contribution is 2.33. The lowest BCUT2D eigenvalue weighted by Gasteiger charge is -2.14. The highest BCUT2D eigenvalue weighted by atomic mass is 79.9. The van der Waals surface area contributed by atoms with E-state index in [1.165, 1.54) is 12.1 Å². The maximum Gasteiger partial charge on any atom is 0.258 e. The van der Waals surface area contributed by atoms with E-state index in [0.717, 1.165) is 0 Å². The molecule has 0 radical (unpaired) electrons. The minimum atomic E-state index is -0.356. The molecule has 120 valence electrons. The van der Waals surface area contributed by atoms with Crippen LogP contribution in [-0.2, 0) is 0 Å². The lowest BCUT2D eigenvalue weighted by molar-refractivity contribution is 0.0976. The number of amides is 1. The number of hydrogen-bond acceptors (Lipinski definition) is 3. The fourth-order valence-corrected chi connectivity index (χ4v) is 3.15. The SMILES string of the molecule is O=C(NC(=S)NNc1c(Cl)cc(Cl)cc1Cl)c1ccccc1Br. The molecule has 0 aliphatic rings. The number of benzene rings is 2. The summed E-state index contributed by atoms with van der Waals surface area (Å²) in [6.07, 6.45) is 0. The molecule has 0 saturated carbocycles. The summed E-state index contributed by atoms with van der Waals surface area (Å²) >= 11 is 26.2. The molecule has 0 unspecified atom stereocenters. The summed E-state index contributed by atoms with van der Waals surface area (Å²) in [4.78, 5) is 12.1. The van der Waals surface area contributed by atoms with Crippen molar-refractivity contribution >= 4 is 79.7 Å². The number of rotatable bonds is 3. The minimum absolute atomic E-state index is 0.0628. The van der Waals surface area contributed by atoms with E-state index in [9.17, 15) is 4.79 Å². The van der Waals surface area contributed by atoms with Crippen LogP contribution < -0.4 is 16.2 Å². The van der Waals surface area contributed by atoms with Crippen molar-refractivity contribution in [3.63, 3.8) is 0 Å². The zero-order valence-electron chi connectivity index (χ0n) is 11.3. The summed E-state index contributed by atoms with van der Waals surface area (Å²) in [5.74, 6) is -0.356. The Morgan fingerprint density at radius 3 is 2.30 bits per heavy atom. The van der Waals surface area contributed by atoms with Crippen molar-refractivity contribution in [3.8, 4) is 0 Å². The average molecular weight is 454 g/mol. The van der Waals surface area contributed by atoms with Gasteiger partial charge in [-0.1, -0.05) is 46.9 Å². The largest absolute Gasteiger partial charge is 0.298 e. The quantitative estimate of drug-likeness (QED) is 0.450. The van der Waals surface area contributed by atoms with Crippen LogP contribution in [0.1, 0.15) is 10.4 Å². The molecule has 0 saturated heterocycles. The van der Waals surface area contributed by atoms with Crippen LogP contribution >= 0.6 is 63.0 Å². The second kappa shape index (κ2) is 8.17. The van der Waals surface area contributed by atoms with Crippen LogP contribution in [0.3, 0.4) is 0 Å². The molecule has 0 spiro atoms. The molecule has 4 nitrogen and oxygen atoms in total. The van der Waals surface area contributed by atoms with E-state index in [4.69, 9.17) is 47.0 Å². The number of nitrogens with one attached hydrogen (secondary N) is 3. The van der Waals surface area contributed by atoms with Gasteiger partial charge in [0.1, 0.15) is 0 Å². The van der Waals surface area contributed by atoms with Crippen LogP contribution in [0.2, 0.25) is 15.1 Å². The highest BCUT2D eigenvalue weighted by molar-refractivity contribution is 9.10. The predicted octanol–water partition coefficient (Wildman–Crippen LogP) is 5.04. The van der Waals surface area contributed by atoms with Crippen LogP contribution in [0.25, 0.3) is 0 Å². The number of hydrazine groups is 1. The van der Waals surface area contributed by atoms with Gasteiger partial charge in [0.2, 0.25) is 0 Å². The maximum absolute atomic E-state index is 12.1. The zero-order chi connectivity index (χ0) is 17.0. The fourth-order valence-electron chi connectivity index (χ4n) is 1.63. The standard InChI is InChI=1S/C14H9BrCl3N3OS/c15-9-4-2-1-3-8(9)13(22)19-14(23)21-20-12-10(17)5-7(16)6-11(12)18/h1-6,20H,(H2,19,21,22,23). The third-order valence-electron chi connectivity index (χ3n) is 2.65. The van der Waals surface area contributed by atoms with Crippen LogP contribution in [-0.4, -0.2) is 11.0 Å². The summed E-state index contributed by atoms with van der Waals surface area (Å²) in [7, 11) is 0. The van der Waals surface area contributed by atoms with Gasteiger partial charge in [-0.3, -0.25) is 21.0 Å². The van der Waals surface area contributed by atoms with Gasteiger partial charge in [0.15, 0.2) is 5.11 Å². The molecular weight excluding hydrogens is 445 g/mol. The van der Waals surface area contributed by atoms with E-state index >= 15 is 0 Å². The number of anilines is 1. The maximum atomic E-state index is 12.1. The molecule has 9 heteroatoms. The van der Waals surface area contributed by atoms with E-state index in [1.54, 1.807) is 18.2 Å². The molecule has 3 N–H and O–H groups in total. The summed E-state index contributed by atoms with van der Waals surface area (Å²) in [6, 6.07) is 10.0. The van der Waals surface area contributed by atoms with Crippen LogP contribution in [0.4, 0.5) is 5.69 Å². The summed E-state index contributed by atoms with van der Waals surface area (Å²) in [5, 5.41) is 3.64. The van der Waals surface area contributed by atoms with E-state index < -0.39 is 0 Å². The Labute approximate surface area is 161 Å². The van der Waals surface area contributed by atoms with Gasteiger partial charge < -0.3 is 0 Å². The van der Waals surface area contributed by atoms with Gasteiger partial charge in [0.05, 0.1) is 21.3 Å². The van der Waals surface area contributed by atoms with Gasteiger partial charge in [-0.25, -0.2) is 0 Å². The smallest absolute Gasteiger partial charge is 0.258 e. The van der Waals surface area contributed by atoms with Crippen molar-refractivity contribution in [1.29, 1.82) is 0 Å². The number of carbonyl (C=O) groups excluding carboxylic acids is 1. The molecule has 1 amide bonds. The Morgan fingerprint density at radius 2 is 1.70 bits per heavy atom. The first-order chi connectivity index (χ1) is 10.9. The van der Waals surface area contributed by atoms with Crippen LogP contribution in [0.5, 0.6) is 0 Å². The number of hydrogen-bond donors (Lipinski definition) is 3. The molecule has 0 fully saturated rings. The van der Waals surface area contributed by atoms with Crippen molar-refractivity contribution in [1.82, 2.24) is 10.7 Å². The lowest BCUT2D eigenvalue weighted by Crippen LogP contribution is -2.42. The predicted molar refractivity (Wildman–Crippen MR) is 102 cm³/mol. The molecule has 0 aromatic heterocycles. The third kappa shape index (κ3) is 4.96. The summed E-state index contributed by atoms with van der Waals surface area (Å²) < 4.78 is 0.664. The fraction of sp³-hybridized carbons (Fsp3) is 0. The number of halogens is 4. The molecule has 0 aliphatic carbocycles. The van der Waals surface area contributed by atoms with Gasteiger partial charge >= 0.3 is 0 Å². The first-order valence-electron chi connectivity index (χ1n) is 6.15. The Bertz CT molecular complexity index is 750. The van der Waals surface area contributed by atoms with E-state index in [0.29, 0.717) is 30.8 Å². The van der Waals surface area contributed by atoms with Crippen LogP contribution in [0, 0.1) is 0 Å². The summed E-state index contributed by atoms with van der Waals surface area (Å²) in [5.41, 5.74) is 6.24. The molecule has 0 heterocycles. The van der Waals surface area contributed by atoms with E-state index in [2.05, 4.69) is 32.1 Å². The first-order valence-corrected chi connectivity index (χ1v) is 8.48. The van der Waals surface area contributed by atoms with Crippen molar-refractivity contribution < 1.29 is 4.79 Å². The highest BCUT2D eigenvalue weighted by Gasteiger charge is 2.12. The van der Waals surface area contributed by atoms with Crippen LogP contribution in [0.15, 0.2) is 40.9 Å². The van der Waals surface area contributed by atoms with Crippen molar-refractivity contribution in [2.75, 3.05) is 5.43 Å². The molecule has 0 bridgehead atoms. The van der Waals surface area contributed by atoms with Gasteiger partial charge in [0, 0.05) is 9.50 Å².